The fraction of sp³-hybridized carbons (Fsp3) is 0.571. The average Bonchev–Trinajstić information content (AvgIpc) is 3.05. The van der Waals surface area contributed by atoms with E-state index < -0.39 is 29.4 Å². The number of nitrogens with one attached hydrogen (secondary N) is 1. The summed E-state index contributed by atoms with van der Waals surface area (Å²) in [4.78, 5) is 41.6. The van der Waals surface area contributed by atoms with Crippen LogP contribution in [0.5, 0.6) is 0 Å². The number of thioether (sulfide) groups is 2. The second-order valence-electron chi connectivity index (χ2n) is 6.19. The number of carbonyl (C=O) groups is 3. The molecule has 1 aromatic heterocycles. The summed E-state index contributed by atoms with van der Waals surface area (Å²) in [7, 11) is 0. The van der Waals surface area contributed by atoms with Crippen LogP contribution < -0.4 is 11.1 Å². The molecular weight excluding hydrogens is 400 g/mol. The fourth-order valence-corrected chi connectivity index (χ4v) is 6.10. The van der Waals surface area contributed by atoms with E-state index in [0.717, 1.165) is 11.3 Å². The first-order chi connectivity index (χ1) is 12.3. The minimum Gasteiger partial charge on any atom is -0.481 e. The first kappa shape index (κ1) is 19.3. The van der Waals surface area contributed by atoms with Gasteiger partial charge in [0.2, 0.25) is 5.91 Å². The summed E-state index contributed by atoms with van der Waals surface area (Å²) >= 11 is 3.87. The SMILES string of the molecule is CSCC1(C(=O)O)CS[C@@H]2C(NC(=O)C(O)c3csc(N)n3)C(=O)N2C1. The number of carboxylic acid groups (broad SMARTS) is 1. The van der Waals surface area contributed by atoms with E-state index in [1.165, 1.54) is 33.8 Å². The predicted octanol–water partition coefficient (Wildman–Crippen LogP) is -0.407. The molecule has 0 saturated carbocycles. The minimum absolute atomic E-state index is 0.122. The molecule has 1 aromatic rings. The highest BCUT2D eigenvalue weighted by Gasteiger charge is 2.57. The van der Waals surface area contributed by atoms with Crippen molar-refractivity contribution in [2.75, 3.05) is 30.0 Å². The second kappa shape index (κ2) is 7.25. The van der Waals surface area contributed by atoms with Crippen LogP contribution >= 0.6 is 34.9 Å². The van der Waals surface area contributed by atoms with Crippen LogP contribution in [0, 0.1) is 5.41 Å². The van der Waals surface area contributed by atoms with Crippen molar-refractivity contribution in [3.05, 3.63) is 11.1 Å². The van der Waals surface area contributed by atoms with Gasteiger partial charge in [0.05, 0.1) is 5.69 Å². The lowest BCUT2D eigenvalue weighted by Gasteiger charge is -2.53. The number of aliphatic carboxylic acids is 1. The number of fused-ring (bicyclic) bond motifs is 1. The first-order valence-electron chi connectivity index (χ1n) is 7.63. The maximum atomic E-state index is 12.4. The number of hydrogen-bond acceptors (Lipinski definition) is 9. The Labute approximate surface area is 161 Å². The summed E-state index contributed by atoms with van der Waals surface area (Å²) in [6.45, 7) is 0.122. The molecule has 4 atom stereocenters. The van der Waals surface area contributed by atoms with Gasteiger partial charge in [-0.25, -0.2) is 4.98 Å². The number of amides is 2. The van der Waals surface area contributed by atoms with Gasteiger partial charge in [-0.2, -0.15) is 11.8 Å². The molecule has 9 nitrogen and oxygen atoms in total. The molecule has 0 spiro atoms. The number of nitrogens with two attached hydrogens (primary N) is 1. The smallest absolute Gasteiger partial charge is 0.313 e. The van der Waals surface area contributed by atoms with E-state index in [2.05, 4.69) is 10.3 Å². The standard InChI is InChI=1S/C14H18N4O5S3/c1-24-4-14(12(22)23)3-18-10(21)7(11(18)26-5-14)17-9(20)8(19)6-2-25-13(15)16-6/h2,7-8,11,19H,3-5H2,1H3,(H2,15,16)(H,17,20)(H,22,23)/t7?,8?,11-,14?/m1/s1. The maximum absolute atomic E-state index is 12.4. The average molecular weight is 419 g/mol. The summed E-state index contributed by atoms with van der Waals surface area (Å²) in [6, 6.07) is -0.779. The zero-order chi connectivity index (χ0) is 19.1. The summed E-state index contributed by atoms with van der Waals surface area (Å²) in [5.41, 5.74) is 4.64. The number of carboxylic acids is 1. The quantitative estimate of drug-likeness (QED) is 0.453. The molecule has 3 unspecified atom stereocenters. The van der Waals surface area contributed by atoms with Gasteiger partial charge in [-0.15, -0.1) is 23.1 Å². The Kier molecular flexibility index (Phi) is 5.37. The fourth-order valence-electron chi connectivity index (χ4n) is 2.98. The zero-order valence-corrected chi connectivity index (χ0v) is 16.2. The van der Waals surface area contributed by atoms with Crippen molar-refractivity contribution in [1.29, 1.82) is 0 Å². The molecule has 142 valence electrons. The Hall–Kier alpha value is -1.50. The molecule has 0 aromatic carbocycles. The van der Waals surface area contributed by atoms with E-state index in [4.69, 9.17) is 5.73 Å². The number of aromatic nitrogens is 1. The van der Waals surface area contributed by atoms with Crippen molar-refractivity contribution in [1.82, 2.24) is 15.2 Å². The van der Waals surface area contributed by atoms with Gasteiger partial charge in [-0.05, 0) is 6.26 Å². The summed E-state index contributed by atoms with van der Waals surface area (Å²) in [5, 5.41) is 23.5. The van der Waals surface area contributed by atoms with E-state index in [9.17, 15) is 24.6 Å². The van der Waals surface area contributed by atoms with Crippen LogP contribution in [0.4, 0.5) is 5.13 Å². The topological polar surface area (TPSA) is 146 Å². The van der Waals surface area contributed by atoms with E-state index in [0.29, 0.717) is 11.5 Å². The van der Waals surface area contributed by atoms with E-state index in [-0.39, 0.29) is 28.7 Å². The van der Waals surface area contributed by atoms with Gasteiger partial charge < -0.3 is 26.2 Å². The molecule has 26 heavy (non-hydrogen) atoms. The number of hydrogen-bond donors (Lipinski definition) is 4. The number of β-lactam (4-membered cyclic amide) rings is 1. The number of rotatable bonds is 6. The minimum atomic E-state index is -1.51. The van der Waals surface area contributed by atoms with Crippen LogP contribution in [0.15, 0.2) is 5.38 Å². The third kappa shape index (κ3) is 3.26. The van der Waals surface area contributed by atoms with E-state index >= 15 is 0 Å². The zero-order valence-electron chi connectivity index (χ0n) is 13.7. The van der Waals surface area contributed by atoms with E-state index in [1.54, 1.807) is 0 Å². The monoisotopic (exact) mass is 418 g/mol. The summed E-state index contributed by atoms with van der Waals surface area (Å²) < 4.78 is 0. The van der Waals surface area contributed by atoms with Crippen LogP contribution in [0.2, 0.25) is 0 Å². The lowest BCUT2D eigenvalue weighted by molar-refractivity contribution is -0.158. The summed E-state index contributed by atoms with van der Waals surface area (Å²) in [6.07, 6.45) is 0.322. The molecule has 0 radical (unpaired) electrons. The van der Waals surface area contributed by atoms with Gasteiger partial charge in [-0.3, -0.25) is 14.4 Å². The van der Waals surface area contributed by atoms with Crippen molar-refractivity contribution >= 4 is 57.8 Å². The molecule has 2 aliphatic heterocycles. The van der Waals surface area contributed by atoms with Crippen molar-refractivity contribution in [3.63, 3.8) is 0 Å². The Morgan fingerprint density at radius 2 is 2.35 bits per heavy atom. The van der Waals surface area contributed by atoms with Gasteiger partial charge in [0.15, 0.2) is 11.2 Å². The van der Waals surface area contributed by atoms with E-state index in [1.807, 2.05) is 6.26 Å². The normalized spacial score (nSPS) is 28.8. The maximum Gasteiger partial charge on any atom is 0.313 e. The first-order valence-corrected chi connectivity index (χ1v) is 10.9. The number of aliphatic hydroxyl groups is 1. The van der Waals surface area contributed by atoms with Gasteiger partial charge in [0.1, 0.15) is 16.8 Å². The summed E-state index contributed by atoms with van der Waals surface area (Å²) in [5.74, 6) is -1.22. The highest BCUT2D eigenvalue weighted by atomic mass is 32.2. The van der Waals surface area contributed by atoms with Gasteiger partial charge in [0.25, 0.3) is 5.91 Å². The molecule has 12 heteroatoms. The number of nitrogens with zero attached hydrogens (tertiary/aromatic N) is 2. The molecular formula is C14H18N4O5S3. The molecule has 2 aliphatic rings. The van der Waals surface area contributed by atoms with Crippen LogP contribution in [-0.4, -0.2) is 73.6 Å². The molecule has 0 bridgehead atoms. The highest BCUT2D eigenvalue weighted by Crippen LogP contribution is 2.43. The third-order valence-corrected chi connectivity index (χ3v) is 7.51. The van der Waals surface area contributed by atoms with Crippen molar-refractivity contribution in [3.8, 4) is 0 Å². The van der Waals surface area contributed by atoms with Crippen LogP contribution in [0.1, 0.15) is 11.8 Å². The Bertz CT molecular complexity index is 744. The molecule has 2 amide bonds. The second-order valence-corrected chi connectivity index (χ2v) is 9.05. The van der Waals surface area contributed by atoms with Crippen molar-refractivity contribution in [2.45, 2.75) is 17.5 Å². The molecule has 3 heterocycles. The highest BCUT2D eigenvalue weighted by molar-refractivity contribution is 8.00. The molecule has 2 saturated heterocycles. The molecule has 2 fully saturated rings. The van der Waals surface area contributed by atoms with Crippen molar-refractivity contribution < 1.29 is 24.6 Å². The lowest BCUT2D eigenvalue weighted by atomic mass is 9.89. The predicted molar refractivity (Wildman–Crippen MR) is 99.8 cm³/mol. The number of anilines is 1. The molecule has 5 N–H and O–H groups in total. The Balaban J connectivity index is 1.64. The van der Waals surface area contributed by atoms with Gasteiger partial charge in [0, 0.05) is 23.4 Å². The Morgan fingerprint density at radius 3 is 2.92 bits per heavy atom. The Morgan fingerprint density at radius 1 is 1.62 bits per heavy atom. The number of nitrogen functional groups attached to an aromatic ring is 1. The number of carbonyl (C=O) groups excluding carboxylic acids is 2. The largest absolute Gasteiger partial charge is 0.481 e. The van der Waals surface area contributed by atoms with Crippen molar-refractivity contribution in [2.24, 2.45) is 5.41 Å². The number of thiazole rings is 1. The van der Waals surface area contributed by atoms with Crippen LogP contribution in [-0.2, 0) is 14.4 Å². The lowest BCUT2D eigenvalue weighted by Crippen LogP contribution is -2.74. The molecule has 0 aliphatic carbocycles. The van der Waals surface area contributed by atoms with Gasteiger partial charge >= 0.3 is 5.97 Å². The van der Waals surface area contributed by atoms with Crippen LogP contribution in [0.3, 0.4) is 0 Å². The third-order valence-electron chi connectivity index (χ3n) is 4.39. The van der Waals surface area contributed by atoms with Crippen LogP contribution in [0.25, 0.3) is 0 Å². The van der Waals surface area contributed by atoms with Gasteiger partial charge in [-0.1, -0.05) is 0 Å². The molecule has 3 rings (SSSR count). The number of aliphatic hydroxyl groups excluding tert-OH is 1.